The molecule has 0 aromatic heterocycles. The van der Waals surface area contributed by atoms with Crippen LogP contribution in [-0.2, 0) is 9.84 Å². The quantitative estimate of drug-likeness (QED) is 0.838. The van der Waals surface area contributed by atoms with E-state index in [0.29, 0.717) is 10.7 Å². The summed E-state index contributed by atoms with van der Waals surface area (Å²) in [5.41, 5.74) is 1.39. The number of hydrogen-bond donors (Lipinski definition) is 1. The van der Waals surface area contributed by atoms with E-state index in [4.69, 9.17) is 5.41 Å². The van der Waals surface area contributed by atoms with Crippen LogP contribution in [0.3, 0.4) is 0 Å². The van der Waals surface area contributed by atoms with E-state index < -0.39 is 9.84 Å². The molecule has 2 aliphatic heterocycles. The third-order valence-corrected chi connectivity index (χ3v) is 6.77. The van der Waals surface area contributed by atoms with Gasteiger partial charge in [-0.25, -0.2) is 8.42 Å². The van der Waals surface area contributed by atoms with Gasteiger partial charge in [0.15, 0.2) is 20.8 Å². The number of nitrogens with one attached hydrogen (secondary N) is 1. The summed E-state index contributed by atoms with van der Waals surface area (Å²) in [5, 5.41) is 8.36. The molecule has 0 amide bonds. The molecule has 5 nitrogen and oxygen atoms in total. The van der Waals surface area contributed by atoms with Crippen molar-refractivity contribution in [3.05, 3.63) is 29.8 Å². The lowest BCUT2D eigenvalue weighted by Crippen LogP contribution is -2.37. The fourth-order valence-corrected chi connectivity index (χ4v) is 6.46. The Labute approximate surface area is 121 Å². The van der Waals surface area contributed by atoms with E-state index >= 15 is 0 Å². The zero-order valence-electron chi connectivity index (χ0n) is 10.9. The highest BCUT2D eigenvalue weighted by atomic mass is 32.2. The van der Waals surface area contributed by atoms with Gasteiger partial charge in [-0.3, -0.25) is 10.2 Å². The Kier molecular flexibility index (Phi) is 3.13. The van der Waals surface area contributed by atoms with Gasteiger partial charge in [-0.15, -0.1) is 0 Å². The number of ketones is 1. The first kappa shape index (κ1) is 13.6. The third-order valence-electron chi connectivity index (χ3n) is 3.64. The summed E-state index contributed by atoms with van der Waals surface area (Å²) in [6.07, 6.45) is 0. The van der Waals surface area contributed by atoms with Crippen molar-refractivity contribution in [3.63, 3.8) is 0 Å². The molecule has 1 N–H and O–H groups in total. The Morgan fingerprint density at radius 2 is 1.95 bits per heavy atom. The van der Waals surface area contributed by atoms with Crippen LogP contribution in [-0.4, -0.2) is 42.2 Å². The predicted molar refractivity (Wildman–Crippen MR) is 80.5 cm³/mol. The van der Waals surface area contributed by atoms with Gasteiger partial charge in [0.25, 0.3) is 0 Å². The van der Waals surface area contributed by atoms with Crippen molar-refractivity contribution in [1.82, 2.24) is 0 Å². The topological polar surface area (TPSA) is 78.3 Å². The highest BCUT2D eigenvalue weighted by molar-refractivity contribution is 8.15. The van der Waals surface area contributed by atoms with E-state index in [9.17, 15) is 13.2 Å². The van der Waals surface area contributed by atoms with E-state index in [2.05, 4.69) is 0 Å². The van der Waals surface area contributed by atoms with Crippen LogP contribution in [0.1, 0.15) is 17.3 Å². The number of sulfone groups is 1. The first-order valence-electron chi connectivity index (χ1n) is 6.23. The molecule has 2 saturated heterocycles. The number of benzene rings is 1. The van der Waals surface area contributed by atoms with Crippen LogP contribution in [0.15, 0.2) is 24.3 Å². The molecular weight excluding hydrogens is 296 g/mol. The van der Waals surface area contributed by atoms with Crippen LogP contribution in [0.5, 0.6) is 0 Å². The molecule has 7 heteroatoms. The number of carbonyl (C=O) groups excluding carboxylic acids is 1. The van der Waals surface area contributed by atoms with Crippen molar-refractivity contribution in [1.29, 1.82) is 5.41 Å². The minimum absolute atomic E-state index is 0.0104. The van der Waals surface area contributed by atoms with Crippen molar-refractivity contribution >= 4 is 38.2 Å². The molecule has 2 aliphatic rings. The number of Topliss-reactive ketones (excluding diaryl/α,β-unsaturated/α-hetero) is 1. The smallest absolute Gasteiger partial charge is 0.161 e. The number of anilines is 1. The molecule has 0 saturated carbocycles. The van der Waals surface area contributed by atoms with Gasteiger partial charge in [0.2, 0.25) is 0 Å². The van der Waals surface area contributed by atoms with Crippen molar-refractivity contribution < 1.29 is 13.2 Å². The zero-order chi connectivity index (χ0) is 14.5. The number of thioether (sulfide) groups is 1. The lowest BCUT2D eigenvalue weighted by atomic mass is 10.1. The summed E-state index contributed by atoms with van der Waals surface area (Å²) in [6, 6.07) is 6.82. The molecule has 1 aromatic rings. The van der Waals surface area contributed by atoms with E-state index in [1.54, 1.807) is 29.2 Å². The van der Waals surface area contributed by atoms with Crippen LogP contribution < -0.4 is 4.90 Å². The Morgan fingerprint density at radius 1 is 1.30 bits per heavy atom. The lowest BCUT2D eigenvalue weighted by Gasteiger charge is -2.23. The number of amidine groups is 1. The van der Waals surface area contributed by atoms with E-state index in [0.717, 1.165) is 5.69 Å². The monoisotopic (exact) mass is 310 g/mol. The molecule has 20 heavy (non-hydrogen) atoms. The molecule has 1 aromatic carbocycles. The number of rotatable bonds is 2. The van der Waals surface area contributed by atoms with Gasteiger partial charge in [-0.2, -0.15) is 0 Å². The second-order valence-corrected chi connectivity index (χ2v) is 8.46. The molecule has 0 aliphatic carbocycles. The van der Waals surface area contributed by atoms with Crippen LogP contribution in [0, 0.1) is 5.41 Å². The molecule has 2 fully saturated rings. The summed E-state index contributed by atoms with van der Waals surface area (Å²) in [5.74, 6) is 0.234. The predicted octanol–water partition coefficient (Wildman–Crippen LogP) is 1.54. The van der Waals surface area contributed by atoms with Gasteiger partial charge in [-0.1, -0.05) is 11.8 Å². The highest BCUT2D eigenvalue weighted by Gasteiger charge is 2.48. The van der Waals surface area contributed by atoms with Gasteiger partial charge in [0, 0.05) is 16.5 Å². The molecule has 0 bridgehead atoms. The SMILES string of the molecule is CC(=O)c1ccc(N2C(=N)S[C@@H]3CS(=O)(=O)C[C@@H]32)cc1. The summed E-state index contributed by atoms with van der Waals surface area (Å²) in [6.45, 7) is 1.50. The second-order valence-electron chi connectivity index (χ2n) is 5.08. The summed E-state index contributed by atoms with van der Waals surface area (Å²) in [7, 11) is -3.00. The molecular formula is C13H14N2O3S2. The average molecular weight is 310 g/mol. The highest BCUT2D eigenvalue weighted by Crippen LogP contribution is 2.40. The normalized spacial score (nSPS) is 27.6. The molecule has 0 radical (unpaired) electrons. The maximum Gasteiger partial charge on any atom is 0.161 e. The number of carbonyl (C=O) groups is 1. The molecule has 2 atom stereocenters. The van der Waals surface area contributed by atoms with Crippen molar-refractivity contribution in [3.8, 4) is 0 Å². The lowest BCUT2D eigenvalue weighted by molar-refractivity contribution is 0.101. The molecule has 3 rings (SSSR count). The molecule has 0 spiro atoms. The number of hydrogen-bond acceptors (Lipinski definition) is 5. The second kappa shape index (κ2) is 4.60. The van der Waals surface area contributed by atoms with Crippen LogP contribution in [0.2, 0.25) is 0 Å². The van der Waals surface area contributed by atoms with Gasteiger partial charge in [0.05, 0.1) is 17.5 Å². The Balaban J connectivity index is 1.93. The molecule has 106 valence electrons. The third kappa shape index (κ3) is 2.25. The van der Waals surface area contributed by atoms with E-state index in [1.165, 1.54) is 18.7 Å². The first-order chi connectivity index (χ1) is 9.37. The summed E-state index contributed by atoms with van der Waals surface area (Å²) in [4.78, 5) is 13.0. The van der Waals surface area contributed by atoms with Gasteiger partial charge >= 0.3 is 0 Å². The molecule has 0 unspecified atom stereocenters. The van der Waals surface area contributed by atoms with Crippen LogP contribution in [0.25, 0.3) is 0 Å². The van der Waals surface area contributed by atoms with Gasteiger partial charge in [0.1, 0.15) is 0 Å². The van der Waals surface area contributed by atoms with Gasteiger partial charge < -0.3 is 4.90 Å². The minimum Gasteiger partial charge on any atom is -0.316 e. The van der Waals surface area contributed by atoms with Gasteiger partial charge in [-0.05, 0) is 31.2 Å². The zero-order valence-corrected chi connectivity index (χ0v) is 12.5. The standard InChI is InChI=1S/C13H14N2O3S2/c1-8(16)9-2-4-10(5-3-9)15-11-6-20(17,18)7-12(11)19-13(15)14/h2-5,11-12,14H,6-7H2,1H3/t11-,12+/m0/s1. The van der Waals surface area contributed by atoms with Crippen LogP contribution in [0.4, 0.5) is 5.69 Å². The fraction of sp³-hybridized carbons (Fsp3) is 0.385. The Bertz CT molecular complexity index is 682. The number of nitrogens with zero attached hydrogens (tertiary/aromatic N) is 1. The van der Waals surface area contributed by atoms with Crippen LogP contribution >= 0.6 is 11.8 Å². The summed E-state index contributed by atoms with van der Waals surface area (Å²) < 4.78 is 23.4. The van der Waals surface area contributed by atoms with E-state index in [1.807, 2.05) is 0 Å². The van der Waals surface area contributed by atoms with E-state index in [-0.39, 0.29) is 28.6 Å². The average Bonchev–Trinajstić information content (AvgIpc) is 2.79. The Morgan fingerprint density at radius 3 is 2.55 bits per heavy atom. The maximum absolute atomic E-state index is 11.7. The first-order valence-corrected chi connectivity index (χ1v) is 8.93. The Hall–Kier alpha value is -1.34. The summed E-state index contributed by atoms with van der Waals surface area (Å²) >= 11 is 1.31. The number of fused-ring (bicyclic) bond motifs is 1. The van der Waals surface area contributed by atoms with Crippen molar-refractivity contribution in [2.45, 2.75) is 18.2 Å². The minimum atomic E-state index is -3.00. The largest absolute Gasteiger partial charge is 0.316 e. The maximum atomic E-state index is 11.7. The van der Waals surface area contributed by atoms with Crippen molar-refractivity contribution in [2.75, 3.05) is 16.4 Å². The molecule has 2 heterocycles. The van der Waals surface area contributed by atoms with Crippen molar-refractivity contribution in [2.24, 2.45) is 0 Å². The fourth-order valence-electron chi connectivity index (χ4n) is 2.67.